The van der Waals surface area contributed by atoms with E-state index in [1.165, 1.54) is 0 Å². The summed E-state index contributed by atoms with van der Waals surface area (Å²) in [6, 6.07) is 3.96. The number of hydrogen-bond donors (Lipinski definition) is 1. The molecule has 1 N–H and O–H groups in total. The average Bonchev–Trinajstić information content (AvgIpc) is 2.77. The first kappa shape index (κ1) is 16.0. The Kier molecular flexibility index (Phi) is 5.00. The lowest BCUT2D eigenvalue weighted by molar-refractivity contribution is 0.532. The van der Waals surface area contributed by atoms with Crippen LogP contribution in [0.15, 0.2) is 24.5 Å². The van der Waals surface area contributed by atoms with Crippen LogP contribution in [0.3, 0.4) is 0 Å². The van der Waals surface area contributed by atoms with Crippen molar-refractivity contribution in [2.75, 3.05) is 12.3 Å². The SMILES string of the molecule is CCS(=O)(=O)NCCc1cn(CC(C)C)c2ncccc12. The van der Waals surface area contributed by atoms with E-state index in [-0.39, 0.29) is 5.75 Å². The summed E-state index contributed by atoms with van der Waals surface area (Å²) in [5.41, 5.74) is 2.11. The Balaban J connectivity index is 2.20. The zero-order valence-electron chi connectivity index (χ0n) is 12.8. The van der Waals surface area contributed by atoms with Gasteiger partial charge in [-0.2, -0.15) is 0 Å². The van der Waals surface area contributed by atoms with Gasteiger partial charge in [0, 0.05) is 30.9 Å². The fraction of sp³-hybridized carbons (Fsp3) is 0.533. The zero-order chi connectivity index (χ0) is 15.5. The van der Waals surface area contributed by atoms with E-state index in [0.29, 0.717) is 18.9 Å². The highest BCUT2D eigenvalue weighted by Gasteiger charge is 2.11. The van der Waals surface area contributed by atoms with E-state index in [4.69, 9.17) is 0 Å². The lowest BCUT2D eigenvalue weighted by Gasteiger charge is -2.06. The molecular weight excluding hydrogens is 286 g/mol. The monoisotopic (exact) mass is 309 g/mol. The van der Waals surface area contributed by atoms with Gasteiger partial charge < -0.3 is 4.57 Å². The zero-order valence-corrected chi connectivity index (χ0v) is 13.7. The molecule has 2 heterocycles. The molecule has 0 unspecified atom stereocenters. The highest BCUT2D eigenvalue weighted by Crippen LogP contribution is 2.20. The molecule has 0 radical (unpaired) electrons. The molecule has 5 nitrogen and oxygen atoms in total. The lowest BCUT2D eigenvalue weighted by atomic mass is 10.2. The van der Waals surface area contributed by atoms with Crippen molar-refractivity contribution in [3.05, 3.63) is 30.1 Å². The molecule has 2 aromatic rings. The molecule has 21 heavy (non-hydrogen) atoms. The molecule has 6 heteroatoms. The first-order valence-electron chi connectivity index (χ1n) is 7.33. The summed E-state index contributed by atoms with van der Waals surface area (Å²) >= 11 is 0. The number of fused-ring (bicyclic) bond motifs is 1. The van der Waals surface area contributed by atoms with Gasteiger partial charge in [-0.3, -0.25) is 0 Å². The predicted molar refractivity (Wildman–Crippen MR) is 85.7 cm³/mol. The van der Waals surface area contributed by atoms with Crippen molar-refractivity contribution in [1.82, 2.24) is 14.3 Å². The number of aromatic nitrogens is 2. The third kappa shape index (κ3) is 4.04. The van der Waals surface area contributed by atoms with Crippen molar-refractivity contribution < 1.29 is 8.42 Å². The van der Waals surface area contributed by atoms with Gasteiger partial charge in [-0.25, -0.2) is 18.1 Å². The molecule has 0 bridgehead atoms. The number of nitrogens with zero attached hydrogens (tertiary/aromatic N) is 2. The van der Waals surface area contributed by atoms with Gasteiger partial charge >= 0.3 is 0 Å². The van der Waals surface area contributed by atoms with Crippen LogP contribution in [0, 0.1) is 5.92 Å². The minimum atomic E-state index is -3.13. The third-order valence-electron chi connectivity index (χ3n) is 3.37. The molecule has 0 aliphatic rings. The fourth-order valence-corrected chi connectivity index (χ4v) is 2.99. The van der Waals surface area contributed by atoms with Gasteiger partial charge in [0.2, 0.25) is 10.0 Å². The Labute approximate surface area is 126 Å². The number of pyridine rings is 1. The van der Waals surface area contributed by atoms with Crippen LogP contribution >= 0.6 is 0 Å². The van der Waals surface area contributed by atoms with Gasteiger partial charge in [-0.1, -0.05) is 13.8 Å². The van der Waals surface area contributed by atoms with E-state index in [0.717, 1.165) is 23.1 Å². The molecule has 2 rings (SSSR count). The number of hydrogen-bond acceptors (Lipinski definition) is 3. The molecule has 2 aromatic heterocycles. The Morgan fingerprint density at radius 1 is 1.38 bits per heavy atom. The Hall–Kier alpha value is -1.40. The standard InChI is InChI=1S/C15H23N3O2S/c1-4-21(19,20)17-9-7-13-11-18(10-12(2)3)15-14(13)6-5-8-16-15/h5-6,8,11-12,17H,4,7,9-10H2,1-3H3. The average molecular weight is 309 g/mol. The van der Waals surface area contributed by atoms with Crippen molar-refractivity contribution in [3.63, 3.8) is 0 Å². The van der Waals surface area contributed by atoms with Crippen LogP contribution in [0.2, 0.25) is 0 Å². The summed E-state index contributed by atoms with van der Waals surface area (Å²) in [5.74, 6) is 0.651. The van der Waals surface area contributed by atoms with Gasteiger partial charge in [-0.05, 0) is 37.0 Å². The molecule has 0 amide bonds. The van der Waals surface area contributed by atoms with E-state index in [1.54, 1.807) is 13.1 Å². The summed E-state index contributed by atoms with van der Waals surface area (Å²) in [5, 5.41) is 1.11. The van der Waals surface area contributed by atoms with E-state index in [2.05, 4.69) is 34.3 Å². The van der Waals surface area contributed by atoms with Crippen LogP contribution in [0.4, 0.5) is 0 Å². The van der Waals surface area contributed by atoms with E-state index in [1.807, 2.05) is 12.1 Å². The summed E-state index contributed by atoms with van der Waals surface area (Å²) in [6.07, 6.45) is 4.56. The second kappa shape index (κ2) is 6.58. The minimum Gasteiger partial charge on any atom is -0.332 e. The minimum absolute atomic E-state index is 0.115. The van der Waals surface area contributed by atoms with Crippen LogP contribution < -0.4 is 4.72 Å². The highest BCUT2D eigenvalue weighted by atomic mass is 32.2. The van der Waals surface area contributed by atoms with Crippen LogP contribution in [-0.4, -0.2) is 30.3 Å². The highest BCUT2D eigenvalue weighted by molar-refractivity contribution is 7.89. The molecule has 0 aliphatic heterocycles. The lowest BCUT2D eigenvalue weighted by Crippen LogP contribution is -2.27. The van der Waals surface area contributed by atoms with Crippen LogP contribution in [0.25, 0.3) is 11.0 Å². The van der Waals surface area contributed by atoms with Crippen molar-refractivity contribution in [2.45, 2.75) is 33.7 Å². The predicted octanol–water partition coefficient (Wildman–Crippen LogP) is 2.17. The maximum Gasteiger partial charge on any atom is 0.211 e. The summed E-state index contributed by atoms with van der Waals surface area (Å²) in [7, 11) is -3.13. The normalized spacial score (nSPS) is 12.4. The van der Waals surface area contributed by atoms with E-state index >= 15 is 0 Å². The summed E-state index contributed by atoms with van der Waals surface area (Å²) in [4.78, 5) is 4.45. The van der Waals surface area contributed by atoms with Gasteiger partial charge in [0.05, 0.1) is 5.75 Å². The number of sulfonamides is 1. The first-order valence-corrected chi connectivity index (χ1v) is 8.98. The molecule has 0 spiro atoms. The number of rotatable bonds is 7. The molecule has 0 atom stereocenters. The van der Waals surface area contributed by atoms with Gasteiger partial charge in [-0.15, -0.1) is 0 Å². The van der Waals surface area contributed by atoms with Gasteiger partial charge in [0.1, 0.15) is 5.65 Å². The molecule has 0 saturated heterocycles. The maximum atomic E-state index is 11.5. The Morgan fingerprint density at radius 2 is 2.14 bits per heavy atom. The van der Waals surface area contributed by atoms with Crippen molar-refractivity contribution in [1.29, 1.82) is 0 Å². The second-order valence-electron chi connectivity index (χ2n) is 5.62. The van der Waals surface area contributed by atoms with E-state index < -0.39 is 10.0 Å². The summed E-state index contributed by atoms with van der Waals surface area (Å²) in [6.45, 7) is 7.31. The fourth-order valence-electron chi connectivity index (χ4n) is 2.37. The third-order valence-corrected chi connectivity index (χ3v) is 4.78. The maximum absolute atomic E-state index is 11.5. The smallest absolute Gasteiger partial charge is 0.211 e. The van der Waals surface area contributed by atoms with Crippen molar-refractivity contribution in [3.8, 4) is 0 Å². The van der Waals surface area contributed by atoms with Gasteiger partial charge in [0.25, 0.3) is 0 Å². The van der Waals surface area contributed by atoms with E-state index in [9.17, 15) is 8.42 Å². The van der Waals surface area contributed by atoms with Crippen LogP contribution in [0.5, 0.6) is 0 Å². The quantitative estimate of drug-likeness (QED) is 0.852. The molecule has 116 valence electrons. The van der Waals surface area contributed by atoms with Crippen molar-refractivity contribution in [2.24, 2.45) is 5.92 Å². The van der Waals surface area contributed by atoms with Crippen LogP contribution in [0.1, 0.15) is 26.3 Å². The van der Waals surface area contributed by atoms with Gasteiger partial charge in [0.15, 0.2) is 0 Å². The largest absolute Gasteiger partial charge is 0.332 e. The second-order valence-corrected chi connectivity index (χ2v) is 7.72. The molecular formula is C15H23N3O2S. The summed E-state index contributed by atoms with van der Waals surface area (Å²) < 4.78 is 27.7. The number of nitrogens with one attached hydrogen (secondary N) is 1. The molecule has 0 fully saturated rings. The molecule has 0 saturated carbocycles. The Bertz CT molecular complexity index is 705. The Morgan fingerprint density at radius 3 is 2.81 bits per heavy atom. The molecule has 0 aliphatic carbocycles. The topological polar surface area (TPSA) is 64.0 Å². The van der Waals surface area contributed by atoms with Crippen LogP contribution in [-0.2, 0) is 23.0 Å². The first-order chi connectivity index (χ1) is 9.93. The molecule has 0 aromatic carbocycles. The van der Waals surface area contributed by atoms with Crippen molar-refractivity contribution >= 4 is 21.1 Å².